The largest absolute Gasteiger partial charge is 0.351 e. The van der Waals surface area contributed by atoms with E-state index in [9.17, 15) is 0 Å². The summed E-state index contributed by atoms with van der Waals surface area (Å²) in [6.07, 6.45) is 3.64. The molecule has 3 aromatic heterocycles. The van der Waals surface area contributed by atoms with Crippen LogP contribution < -0.4 is 0 Å². The van der Waals surface area contributed by atoms with Crippen molar-refractivity contribution in [3.8, 4) is 28.2 Å². The molecule has 249 valence electrons. The van der Waals surface area contributed by atoms with E-state index < -0.39 is 0 Å². The van der Waals surface area contributed by atoms with Gasteiger partial charge in [-0.2, -0.15) is 0 Å². The Kier molecular flexibility index (Phi) is 8.20. The molecule has 2 bridgehead atoms. The number of para-hydroxylation sites is 1. The molecular formula is C48H31IrN3-2. The second-order valence-electron chi connectivity index (χ2n) is 13.1. The predicted octanol–water partition coefficient (Wildman–Crippen LogP) is 11.2. The van der Waals surface area contributed by atoms with Crippen LogP contribution in [0.25, 0.3) is 50.0 Å². The van der Waals surface area contributed by atoms with Crippen molar-refractivity contribution in [3.05, 3.63) is 222 Å². The van der Waals surface area contributed by atoms with E-state index in [0.29, 0.717) is 0 Å². The average molecular weight is 842 g/mol. The summed E-state index contributed by atoms with van der Waals surface area (Å²) >= 11 is 0. The molecule has 3 aliphatic rings. The SMILES string of the molecule is [Ir].[c-]1cc2c(cc1-c1ccccn1)c1cc3c(cc1n2-c1ccccc1)C1c2ccccc2C3c2ccccc21.[c-]1ccccc1-c1ccccn1. The fourth-order valence-electron chi connectivity index (χ4n) is 8.21. The van der Waals surface area contributed by atoms with E-state index in [2.05, 4.69) is 136 Å². The van der Waals surface area contributed by atoms with Crippen LogP contribution in [-0.2, 0) is 20.1 Å². The van der Waals surface area contributed by atoms with Crippen molar-refractivity contribution >= 4 is 21.8 Å². The summed E-state index contributed by atoms with van der Waals surface area (Å²) in [5.74, 6) is 0.502. The zero-order valence-electron chi connectivity index (χ0n) is 28.1. The molecule has 0 aliphatic heterocycles. The number of aromatic nitrogens is 3. The van der Waals surface area contributed by atoms with Crippen molar-refractivity contribution in [3.63, 3.8) is 0 Å². The first-order valence-corrected chi connectivity index (χ1v) is 17.4. The van der Waals surface area contributed by atoms with Crippen molar-refractivity contribution in [1.82, 2.24) is 14.5 Å². The van der Waals surface area contributed by atoms with Crippen LogP contribution >= 0.6 is 0 Å². The molecule has 0 unspecified atom stereocenters. The summed E-state index contributed by atoms with van der Waals surface area (Å²) in [4.78, 5) is 8.83. The predicted molar refractivity (Wildman–Crippen MR) is 206 cm³/mol. The molecule has 3 nitrogen and oxygen atoms in total. The Morgan fingerprint density at radius 3 is 1.56 bits per heavy atom. The number of benzene rings is 6. The molecule has 0 atom stereocenters. The third kappa shape index (κ3) is 5.23. The Labute approximate surface area is 316 Å². The molecule has 9 aromatic rings. The van der Waals surface area contributed by atoms with Gasteiger partial charge in [0.25, 0.3) is 0 Å². The van der Waals surface area contributed by atoms with Gasteiger partial charge in [-0.15, -0.1) is 59.7 Å². The van der Waals surface area contributed by atoms with Gasteiger partial charge in [-0.25, -0.2) is 0 Å². The molecule has 4 heteroatoms. The smallest absolute Gasteiger partial charge is 0.0439 e. The zero-order valence-corrected chi connectivity index (χ0v) is 30.5. The molecule has 1 radical (unpaired) electrons. The summed E-state index contributed by atoms with van der Waals surface area (Å²) in [5, 5.41) is 2.51. The maximum absolute atomic E-state index is 4.61. The summed E-state index contributed by atoms with van der Waals surface area (Å²) in [6, 6.07) is 64.6. The van der Waals surface area contributed by atoms with Crippen molar-refractivity contribution < 1.29 is 20.1 Å². The maximum Gasteiger partial charge on any atom is 0.0439 e. The molecule has 0 amide bonds. The zero-order chi connectivity index (χ0) is 33.7. The molecule has 0 spiro atoms. The van der Waals surface area contributed by atoms with Crippen molar-refractivity contribution in [2.75, 3.05) is 0 Å². The van der Waals surface area contributed by atoms with Crippen molar-refractivity contribution in [1.29, 1.82) is 0 Å². The number of fused-ring (bicyclic) bond motifs is 3. The van der Waals surface area contributed by atoms with E-state index in [-0.39, 0.29) is 31.9 Å². The molecule has 0 N–H and O–H groups in total. The standard InChI is InChI=1S/C37H23N2.C11H8N.Ir/c1-2-10-24(11-3-1)39-34-18-17-23(33-16-8-9-19-38-33)20-29(34)30-21-31-32(22-35(30)39)37-27-14-6-4-12-25(27)36(31)26-13-5-7-15-28(26)37;1-2-6-10(7-3-1)11-8-4-5-9-12-11;/h1-16,18-22,36-37H;1-6,8-9H;/q2*-1;. The van der Waals surface area contributed by atoms with Gasteiger partial charge in [0, 0.05) is 55.5 Å². The normalized spacial score (nSPS) is 14.8. The van der Waals surface area contributed by atoms with E-state index in [1.54, 1.807) is 6.20 Å². The van der Waals surface area contributed by atoms with Crippen LogP contribution in [0.3, 0.4) is 0 Å². The van der Waals surface area contributed by atoms with Gasteiger partial charge in [-0.3, -0.25) is 0 Å². The summed E-state index contributed by atoms with van der Waals surface area (Å²) < 4.78 is 2.41. The molecule has 3 aliphatic carbocycles. The first-order valence-electron chi connectivity index (χ1n) is 17.4. The number of pyridine rings is 2. The van der Waals surface area contributed by atoms with Crippen LogP contribution in [0.2, 0.25) is 0 Å². The van der Waals surface area contributed by atoms with Crippen molar-refractivity contribution in [2.24, 2.45) is 0 Å². The molecule has 0 saturated carbocycles. The third-order valence-corrected chi connectivity index (χ3v) is 10.4. The molecule has 0 fully saturated rings. The Balaban J connectivity index is 0.000000236. The van der Waals surface area contributed by atoms with Crippen LogP contribution in [0.4, 0.5) is 0 Å². The van der Waals surface area contributed by atoms with Crippen LogP contribution in [0.1, 0.15) is 45.2 Å². The summed E-state index contributed by atoms with van der Waals surface area (Å²) in [6.45, 7) is 0. The van der Waals surface area contributed by atoms with Crippen LogP contribution in [0.5, 0.6) is 0 Å². The summed E-state index contributed by atoms with van der Waals surface area (Å²) in [7, 11) is 0. The van der Waals surface area contributed by atoms with Gasteiger partial charge < -0.3 is 14.5 Å². The Hall–Kier alpha value is -5.93. The number of nitrogens with zero attached hydrogens (tertiary/aromatic N) is 3. The second-order valence-corrected chi connectivity index (χ2v) is 13.1. The minimum atomic E-state index is 0. The minimum Gasteiger partial charge on any atom is -0.351 e. The van der Waals surface area contributed by atoms with E-state index in [1.807, 2.05) is 60.8 Å². The topological polar surface area (TPSA) is 30.7 Å². The Morgan fingerprint density at radius 1 is 0.442 bits per heavy atom. The quantitative estimate of drug-likeness (QED) is 0.166. The fraction of sp³-hybridized carbons (Fsp3) is 0.0417. The van der Waals surface area contributed by atoms with Crippen LogP contribution in [0, 0.1) is 12.1 Å². The van der Waals surface area contributed by atoms with Gasteiger partial charge in [0.2, 0.25) is 0 Å². The van der Waals surface area contributed by atoms with Gasteiger partial charge in [0.05, 0.1) is 0 Å². The van der Waals surface area contributed by atoms with Gasteiger partial charge in [-0.05, 0) is 92.1 Å². The first kappa shape index (κ1) is 32.0. The third-order valence-electron chi connectivity index (χ3n) is 10.4. The minimum absolute atomic E-state index is 0. The summed E-state index contributed by atoms with van der Waals surface area (Å²) in [5.41, 5.74) is 16.2. The molecule has 3 heterocycles. The van der Waals surface area contributed by atoms with Crippen LogP contribution in [-0.4, -0.2) is 14.5 Å². The number of hydrogen-bond acceptors (Lipinski definition) is 2. The molecule has 6 aromatic carbocycles. The fourth-order valence-corrected chi connectivity index (χ4v) is 8.21. The van der Waals surface area contributed by atoms with Gasteiger partial charge in [0.15, 0.2) is 0 Å². The second kappa shape index (κ2) is 13.3. The van der Waals surface area contributed by atoms with Gasteiger partial charge in [-0.1, -0.05) is 96.4 Å². The molecule has 52 heavy (non-hydrogen) atoms. The van der Waals surface area contributed by atoms with E-state index in [0.717, 1.165) is 22.5 Å². The van der Waals surface area contributed by atoms with Crippen LogP contribution in [0.15, 0.2) is 176 Å². The average Bonchev–Trinajstić information content (AvgIpc) is 3.54. The Morgan fingerprint density at radius 2 is 0.981 bits per heavy atom. The van der Waals surface area contributed by atoms with Crippen molar-refractivity contribution in [2.45, 2.75) is 11.8 Å². The van der Waals surface area contributed by atoms with E-state index in [4.69, 9.17) is 0 Å². The first-order chi connectivity index (χ1) is 25.3. The molecular weight excluding hydrogens is 811 g/mol. The maximum atomic E-state index is 4.61. The van der Waals surface area contributed by atoms with E-state index >= 15 is 0 Å². The molecule has 0 saturated heterocycles. The molecule has 12 rings (SSSR count). The monoisotopic (exact) mass is 842 g/mol. The number of rotatable bonds is 3. The van der Waals surface area contributed by atoms with E-state index in [1.165, 1.54) is 60.9 Å². The number of hydrogen-bond donors (Lipinski definition) is 0. The van der Waals surface area contributed by atoms with Gasteiger partial charge >= 0.3 is 0 Å². The van der Waals surface area contributed by atoms with Gasteiger partial charge in [0.1, 0.15) is 0 Å². The Bertz CT molecular complexity index is 2600.